The van der Waals surface area contributed by atoms with Crippen molar-refractivity contribution in [1.82, 2.24) is 5.32 Å². The van der Waals surface area contributed by atoms with Crippen LogP contribution >= 0.6 is 0 Å². The third kappa shape index (κ3) is 3.89. The van der Waals surface area contributed by atoms with Gasteiger partial charge in [0, 0.05) is 18.7 Å². The van der Waals surface area contributed by atoms with Gasteiger partial charge in [-0.3, -0.25) is 0 Å². The van der Waals surface area contributed by atoms with Gasteiger partial charge >= 0.3 is 0 Å². The smallest absolute Gasteiger partial charge is 0.128 e. The van der Waals surface area contributed by atoms with Crippen molar-refractivity contribution in [1.29, 1.82) is 0 Å². The summed E-state index contributed by atoms with van der Waals surface area (Å²) in [6, 6.07) is 13.4. The minimum absolute atomic E-state index is 0.266. The number of benzene rings is 2. The number of aliphatic hydroxyl groups excluding tert-OH is 1. The van der Waals surface area contributed by atoms with E-state index in [0.29, 0.717) is 12.1 Å². The molecule has 2 N–H and O–H groups in total. The van der Waals surface area contributed by atoms with Crippen LogP contribution in [0.4, 0.5) is 4.39 Å². The summed E-state index contributed by atoms with van der Waals surface area (Å²) in [5.41, 5.74) is 3.88. The zero-order valence-electron chi connectivity index (χ0n) is 11.7. The molecule has 0 amide bonds. The number of aryl methyl sites for hydroxylation is 1. The van der Waals surface area contributed by atoms with Gasteiger partial charge in [-0.15, -0.1) is 0 Å². The molecule has 0 bridgehead atoms. The van der Waals surface area contributed by atoms with Gasteiger partial charge in [-0.05, 0) is 35.2 Å². The van der Waals surface area contributed by atoms with Crippen LogP contribution in [0, 0.1) is 5.82 Å². The number of nitrogens with one attached hydrogen (secondary N) is 1. The summed E-state index contributed by atoms with van der Waals surface area (Å²) in [5.74, 6) is -0.355. The molecular formula is C17H20FNO. The molecule has 0 saturated heterocycles. The average Bonchev–Trinajstić information content (AvgIpc) is 2.49. The van der Waals surface area contributed by atoms with E-state index in [0.717, 1.165) is 18.5 Å². The third-order valence-electron chi connectivity index (χ3n) is 3.37. The predicted molar refractivity (Wildman–Crippen MR) is 78.7 cm³/mol. The number of aliphatic hydroxyl groups is 1. The number of halogens is 1. The lowest BCUT2D eigenvalue weighted by Gasteiger charge is -2.08. The van der Waals surface area contributed by atoms with E-state index >= 15 is 0 Å². The van der Waals surface area contributed by atoms with Gasteiger partial charge in [0.2, 0.25) is 0 Å². The maximum Gasteiger partial charge on any atom is 0.128 e. The maximum atomic E-state index is 13.2. The van der Waals surface area contributed by atoms with E-state index in [-0.39, 0.29) is 12.4 Å². The Hall–Kier alpha value is -1.71. The molecule has 2 aromatic rings. The van der Waals surface area contributed by atoms with Gasteiger partial charge in [0.15, 0.2) is 0 Å². The Morgan fingerprint density at radius 3 is 2.20 bits per heavy atom. The van der Waals surface area contributed by atoms with Gasteiger partial charge in [0.1, 0.15) is 5.82 Å². The van der Waals surface area contributed by atoms with Gasteiger partial charge in [-0.2, -0.15) is 0 Å². The van der Waals surface area contributed by atoms with Crippen LogP contribution in [0.1, 0.15) is 29.2 Å². The average molecular weight is 273 g/mol. The summed E-state index contributed by atoms with van der Waals surface area (Å²) in [4.78, 5) is 0. The quantitative estimate of drug-likeness (QED) is 0.847. The van der Waals surface area contributed by atoms with Crippen LogP contribution in [0.2, 0.25) is 0 Å². The standard InChI is InChI=1S/C17H20FNO/c1-2-13-3-5-14(6-4-13)10-19-11-15-7-8-17(18)16(9-15)12-20/h3-9,19-20H,2,10-12H2,1H3. The van der Waals surface area contributed by atoms with Crippen LogP contribution in [-0.4, -0.2) is 5.11 Å². The molecule has 0 atom stereocenters. The van der Waals surface area contributed by atoms with Gasteiger partial charge in [0.05, 0.1) is 6.61 Å². The van der Waals surface area contributed by atoms with E-state index < -0.39 is 0 Å². The Balaban J connectivity index is 1.88. The second-order valence-corrected chi connectivity index (χ2v) is 4.86. The number of hydrogen-bond acceptors (Lipinski definition) is 2. The first-order chi connectivity index (χ1) is 9.72. The first-order valence-corrected chi connectivity index (χ1v) is 6.89. The summed E-state index contributed by atoms with van der Waals surface area (Å²) in [6.45, 7) is 3.30. The zero-order valence-corrected chi connectivity index (χ0v) is 11.7. The van der Waals surface area contributed by atoms with Crippen LogP contribution in [0.15, 0.2) is 42.5 Å². The van der Waals surface area contributed by atoms with Gasteiger partial charge in [0.25, 0.3) is 0 Å². The van der Waals surface area contributed by atoms with Crippen molar-refractivity contribution in [3.63, 3.8) is 0 Å². The molecule has 0 spiro atoms. The molecule has 106 valence electrons. The van der Waals surface area contributed by atoms with Crippen molar-refractivity contribution in [3.05, 3.63) is 70.5 Å². The molecule has 0 aromatic heterocycles. The number of hydrogen-bond donors (Lipinski definition) is 2. The Morgan fingerprint density at radius 2 is 1.55 bits per heavy atom. The van der Waals surface area contributed by atoms with Crippen molar-refractivity contribution in [2.45, 2.75) is 33.0 Å². The highest BCUT2D eigenvalue weighted by molar-refractivity contribution is 5.25. The Labute approximate surface area is 119 Å². The summed E-state index contributed by atoms with van der Waals surface area (Å²) in [7, 11) is 0. The minimum Gasteiger partial charge on any atom is -0.392 e. The second-order valence-electron chi connectivity index (χ2n) is 4.86. The zero-order chi connectivity index (χ0) is 14.4. The molecule has 0 saturated carbocycles. The molecule has 20 heavy (non-hydrogen) atoms. The molecule has 2 aromatic carbocycles. The molecule has 0 aliphatic rings. The lowest BCUT2D eigenvalue weighted by Crippen LogP contribution is -2.13. The summed E-state index contributed by atoms with van der Waals surface area (Å²) in [5, 5.41) is 12.4. The Kier molecular flexibility index (Phi) is 5.27. The van der Waals surface area contributed by atoms with E-state index in [2.05, 4.69) is 36.5 Å². The molecule has 2 nitrogen and oxygen atoms in total. The first kappa shape index (κ1) is 14.7. The van der Waals surface area contributed by atoms with E-state index in [9.17, 15) is 4.39 Å². The van der Waals surface area contributed by atoms with E-state index in [1.54, 1.807) is 12.1 Å². The van der Waals surface area contributed by atoms with Crippen molar-refractivity contribution in [3.8, 4) is 0 Å². The van der Waals surface area contributed by atoms with Gasteiger partial charge in [-0.1, -0.05) is 37.3 Å². The fourth-order valence-corrected chi connectivity index (χ4v) is 2.10. The lowest BCUT2D eigenvalue weighted by atomic mass is 10.1. The highest BCUT2D eigenvalue weighted by Gasteiger charge is 2.02. The van der Waals surface area contributed by atoms with Crippen LogP contribution in [0.3, 0.4) is 0 Å². The number of rotatable bonds is 6. The fraction of sp³-hybridized carbons (Fsp3) is 0.294. The molecule has 0 unspecified atom stereocenters. The predicted octanol–water partition coefficient (Wildman–Crippen LogP) is 3.17. The topological polar surface area (TPSA) is 32.3 Å². The van der Waals surface area contributed by atoms with Crippen molar-refractivity contribution in [2.24, 2.45) is 0 Å². The summed E-state index contributed by atoms with van der Waals surface area (Å²) in [6.07, 6.45) is 1.05. The first-order valence-electron chi connectivity index (χ1n) is 6.89. The molecule has 0 heterocycles. The molecule has 0 fully saturated rings. The summed E-state index contributed by atoms with van der Waals surface area (Å²) >= 11 is 0. The molecule has 0 radical (unpaired) electrons. The third-order valence-corrected chi connectivity index (χ3v) is 3.37. The molecule has 3 heteroatoms. The molecule has 0 aliphatic carbocycles. The monoisotopic (exact) mass is 273 g/mol. The van der Waals surface area contributed by atoms with Crippen LogP contribution in [0.5, 0.6) is 0 Å². The molecule has 0 aliphatic heterocycles. The maximum absolute atomic E-state index is 13.2. The Bertz CT molecular complexity index is 551. The van der Waals surface area contributed by atoms with E-state index in [1.165, 1.54) is 17.2 Å². The van der Waals surface area contributed by atoms with Crippen molar-refractivity contribution < 1.29 is 9.50 Å². The minimum atomic E-state index is -0.355. The van der Waals surface area contributed by atoms with Crippen LogP contribution in [0.25, 0.3) is 0 Å². The van der Waals surface area contributed by atoms with Crippen LogP contribution < -0.4 is 5.32 Å². The largest absolute Gasteiger partial charge is 0.392 e. The van der Waals surface area contributed by atoms with Gasteiger partial charge < -0.3 is 10.4 Å². The highest BCUT2D eigenvalue weighted by Crippen LogP contribution is 2.11. The van der Waals surface area contributed by atoms with E-state index in [1.807, 2.05) is 0 Å². The fourth-order valence-electron chi connectivity index (χ4n) is 2.10. The van der Waals surface area contributed by atoms with E-state index in [4.69, 9.17) is 5.11 Å². The normalized spacial score (nSPS) is 10.8. The van der Waals surface area contributed by atoms with Gasteiger partial charge in [-0.25, -0.2) is 4.39 Å². The molecular weight excluding hydrogens is 253 g/mol. The highest BCUT2D eigenvalue weighted by atomic mass is 19.1. The SMILES string of the molecule is CCc1ccc(CNCc2ccc(F)c(CO)c2)cc1. The van der Waals surface area contributed by atoms with Crippen molar-refractivity contribution in [2.75, 3.05) is 0 Å². The van der Waals surface area contributed by atoms with Crippen LogP contribution in [-0.2, 0) is 26.1 Å². The Morgan fingerprint density at radius 1 is 0.950 bits per heavy atom. The van der Waals surface area contributed by atoms with Crippen molar-refractivity contribution >= 4 is 0 Å². The molecule has 2 rings (SSSR count). The lowest BCUT2D eigenvalue weighted by molar-refractivity contribution is 0.275. The second kappa shape index (κ2) is 7.17. The summed E-state index contributed by atoms with van der Waals surface area (Å²) < 4.78 is 13.2.